The van der Waals surface area contributed by atoms with E-state index in [-0.39, 0.29) is 19.0 Å². The molecule has 0 unspecified atom stereocenters. The van der Waals surface area contributed by atoms with Crippen molar-refractivity contribution in [2.24, 2.45) is 0 Å². The molecule has 5 aromatic rings. The van der Waals surface area contributed by atoms with Gasteiger partial charge < -0.3 is 15.0 Å². The van der Waals surface area contributed by atoms with Crippen molar-refractivity contribution in [1.82, 2.24) is 19.9 Å². The van der Waals surface area contributed by atoms with E-state index in [1.54, 1.807) is 37.4 Å². The van der Waals surface area contributed by atoms with E-state index < -0.39 is 17.8 Å². The lowest BCUT2D eigenvalue weighted by atomic mass is 10.0. The van der Waals surface area contributed by atoms with Crippen LogP contribution in [0.3, 0.4) is 0 Å². The maximum Gasteiger partial charge on any atom is 0.251 e. The van der Waals surface area contributed by atoms with Crippen LogP contribution >= 0.6 is 0 Å². The number of benzene rings is 4. The zero-order valence-electron chi connectivity index (χ0n) is 22.1. The first-order chi connectivity index (χ1) is 19.4. The molecule has 0 radical (unpaired) electrons. The lowest BCUT2D eigenvalue weighted by Gasteiger charge is -2.31. The van der Waals surface area contributed by atoms with Crippen LogP contribution in [0.1, 0.15) is 22.7 Å². The smallest absolute Gasteiger partial charge is 0.251 e. The van der Waals surface area contributed by atoms with Crippen LogP contribution in [0.4, 0.5) is 10.1 Å². The Morgan fingerprint density at radius 1 is 0.975 bits per heavy atom. The lowest BCUT2D eigenvalue weighted by molar-refractivity contribution is -0.140. The lowest BCUT2D eigenvalue weighted by Crippen LogP contribution is -2.42. The van der Waals surface area contributed by atoms with Gasteiger partial charge in [0.15, 0.2) is 0 Å². The monoisotopic (exact) mass is 537 g/mol. The molecule has 8 nitrogen and oxygen atoms in total. The summed E-state index contributed by atoms with van der Waals surface area (Å²) in [6.07, 6.45) is 0. The molecule has 0 aliphatic heterocycles. The number of carbonyl (C=O) groups excluding carboxylic acids is 2. The molecule has 0 fully saturated rings. The molecule has 1 N–H and O–H groups in total. The molecule has 1 atom stereocenters. The van der Waals surface area contributed by atoms with Crippen molar-refractivity contribution in [1.29, 1.82) is 0 Å². The predicted octanol–water partition coefficient (Wildman–Crippen LogP) is 5.30. The summed E-state index contributed by atoms with van der Waals surface area (Å²) < 4.78 is 21.2. The quantitative estimate of drug-likeness (QED) is 0.276. The van der Waals surface area contributed by atoms with Crippen LogP contribution in [0.15, 0.2) is 97.1 Å². The molecule has 9 heteroatoms. The number of aryl methyl sites for hydroxylation is 1. The molecular formula is C31H28FN5O3. The Morgan fingerprint density at radius 2 is 1.73 bits per heavy atom. The zero-order chi connectivity index (χ0) is 28.1. The summed E-state index contributed by atoms with van der Waals surface area (Å²) in [5.74, 6) is -0.740. The minimum Gasteiger partial charge on any atom is -0.497 e. The van der Waals surface area contributed by atoms with E-state index in [4.69, 9.17) is 4.74 Å². The summed E-state index contributed by atoms with van der Waals surface area (Å²) in [6.45, 7) is 1.93. The van der Waals surface area contributed by atoms with Gasteiger partial charge in [-0.05, 0) is 66.6 Å². The largest absolute Gasteiger partial charge is 0.497 e. The van der Waals surface area contributed by atoms with Gasteiger partial charge in [0.05, 0.1) is 12.6 Å². The maximum absolute atomic E-state index is 14.4. The Morgan fingerprint density at radius 3 is 2.45 bits per heavy atom. The van der Waals surface area contributed by atoms with Crippen LogP contribution in [0.5, 0.6) is 5.75 Å². The molecule has 202 valence electrons. The number of hydrogen-bond acceptors (Lipinski definition) is 5. The molecular weight excluding hydrogens is 509 g/mol. The Bertz CT molecular complexity index is 1630. The second kappa shape index (κ2) is 11.8. The summed E-state index contributed by atoms with van der Waals surface area (Å²) in [4.78, 5) is 29.4. The van der Waals surface area contributed by atoms with E-state index in [1.165, 1.54) is 27.8 Å². The van der Waals surface area contributed by atoms with Crippen molar-refractivity contribution >= 4 is 28.5 Å². The van der Waals surface area contributed by atoms with Crippen molar-refractivity contribution in [3.63, 3.8) is 0 Å². The van der Waals surface area contributed by atoms with Gasteiger partial charge in [-0.1, -0.05) is 59.3 Å². The Labute approximate surface area is 231 Å². The van der Waals surface area contributed by atoms with E-state index >= 15 is 0 Å². The highest BCUT2D eigenvalue weighted by atomic mass is 19.1. The fourth-order valence-corrected chi connectivity index (χ4v) is 4.50. The summed E-state index contributed by atoms with van der Waals surface area (Å²) >= 11 is 0. The number of rotatable bonds is 9. The van der Waals surface area contributed by atoms with Crippen LogP contribution < -0.4 is 10.1 Å². The number of nitrogens with zero attached hydrogens (tertiary/aromatic N) is 4. The third-order valence-corrected chi connectivity index (χ3v) is 6.58. The summed E-state index contributed by atoms with van der Waals surface area (Å²) in [5.41, 5.74) is 4.08. The number of aromatic nitrogens is 3. The standard InChI is InChI=1S/C31H28FN5O3/c1-21-10-12-22(13-11-21)19-36(29(38)20-37-28-9-4-3-8-27(28)34-35-37)30(23-6-5-7-24(32)18-23)31(39)33-25-14-16-26(40-2)17-15-25/h3-18,30H,19-20H2,1-2H3,(H,33,39)/t30-/m1/s1. The predicted molar refractivity (Wildman–Crippen MR) is 150 cm³/mol. The number of methoxy groups -OCH3 is 1. The highest BCUT2D eigenvalue weighted by Gasteiger charge is 2.32. The second-order valence-electron chi connectivity index (χ2n) is 9.42. The average molecular weight is 538 g/mol. The van der Waals surface area contributed by atoms with Gasteiger partial charge in [0.1, 0.15) is 29.7 Å². The van der Waals surface area contributed by atoms with Gasteiger partial charge in [-0.25, -0.2) is 9.07 Å². The van der Waals surface area contributed by atoms with Crippen LogP contribution in [-0.2, 0) is 22.7 Å². The van der Waals surface area contributed by atoms with Gasteiger partial charge >= 0.3 is 0 Å². The number of halogens is 1. The third-order valence-electron chi connectivity index (χ3n) is 6.58. The Hall–Kier alpha value is -5.05. The van der Waals surface area contributed by atoms with Gasteiger partial charge in [0.2, 0.25) is 5.91 Å². The number of anilines is 1. The van der Waals surface area contributed by atoms with Gasteiger partial charge in [-0.3, -0.25) is 9.59 Å². The summed E-state index contributed by atoms with van der Waals surface area (Å²) in [6, 6.07) is 26.5. The van der Waals surface area contributed by atoms with Gasteiger partial charge in [-0.15, -0.1) is 5.10 Å². The number of amides is 2. The topological polar surface area (TPSA) is 89.4 Å². The maximum atomic E-state index is 14.4. The molecule has 0 spiro atoms. The number of hydrogen-bond donors (Lipinski definition) is 1. The van der Waals surface area contributed by atoms with E-state index in [1.807, 2.05) is 55.5 Å². The summed E-state index contributed by atoms with van der Waals surface area (Å²) in [7, 11) is 1.56. The van der Waals surface area contributed by atoms with E-state index in [0.717, 1.165) is 11.1 Å². The minimum absolute atomic E-state index is 0.114. The molecule has 1 heterocycles. The molecule has 1 aromatic heterocycles. The molecule has 0 saturated carbocycles. The van der Waals surface area contributed by atoms with Crippen LogP contribution in [0.2, 0.25) is 0 Å². The van der Waals surface area contributed by atoms with Crippen LogP contribution in [0, 0.1) is 12.7 Å². The van der Waals surface area contributed by atoms with Gasteiger partial charge in [0.25, 0.3) is 5.91 Å². The van der Waals surface area contributed by atoms with Crippen molar-refractivity contribution in [3.05, 3.63) is 120 Å². The van der Waals surface area contributed by atoms with Crippen molar-refractivity contribution < 1.29 is 18.7 Å². The SMILES string of the molecule is COc1ccc(NC(=O)[C@@H](c2cccc(F)c2)N(Cc2ccc(C)cc2)C(=O)Cn2nnc3ccccc32)cc1. The Kier molecular flexibility index (Phi) is 7.82. The number of ether oxygens (including phenoxy) is 1. The van der Waals surface area contributed by atoms with Crippen molar-refractivity contribution in [2.45, 2.75) is 26.1 Å². The van der Waals surface area contributed by atoms with Crippen LogP contribution in [-0.4, -0.2) is 38.8 Å². The Balaban J connectivity index is 1.54. The fourth-order valence-electron chi connectivity index (χ4n) is 4.50. The van der Waals surface area contributed by atoms with Crippen LogP contribution in [0.25, 0.3) is 11.0 Å². The molecule has 0 bridgehead atoms. The summed E-state index contributed by atoms with van der Waals surface area (Å²) in [5, 5.41) is 11.2. The molecule has 5 rings (SSSR count). The second-order valence-corrected chi connectivity index (χ2v) is 9.42. The minimum atomic E-state index is -1.14. The number of nitrogens with one attached hydrogen (secondary N) is 1. The molecule has 40 heavy (non-hydrogen) atoms. The van der Waals surface area contributed by atoms with E-state index in [2.05, 4.69) is 15.6 Å². The molecule has 4 aromatic carbocycles. The molecule has 0 saturated heterocycles. The van der Waals surface area contributed by atoms with Gasteiger partial charge in [-0.2, -0.15) is 0 Å². The van der Waals surface area contributed by atoms with Crippen molar-refractivity contribution in [3.8, 4) is 5.75 Å². The molecule has 2 amide bonds. The highest BCUT2D eigenvalue weighted by Crippen LogP contribution is 2.27. The number of para-hydroxylation sites is 1. The third kappa shape index (κ3) is 5.99. The average Bonchev–Trinajstić information content (AvgIpc) is 3.37. The van der Waals surface area contributed by atoms with E-state index in [9.17, 15) is 14.0 Å². The number of fused-ring (bicyclic) bond motifs is 1. The number of carbonyl (C=O) groups is 2. The molecule has 0 aliphatic carbocycles. The highest BCUT2D eigenvalue weighted by molar-refractivity contribution is 5.98. The molecule has 0 aliphatic rings. The van der Waals surface area contributed by atoms with Crippen molar-refractivity contribution in [2.75, 3.05) is 12.4 Å². The van der Waals surface area contributed by atoms with E-state index in [0.29, 0.717) is 28.0 Å². The first-order valence-corrected chi connectivity index (χ1v) is 12.7. The fraction of sp³-hybridized carbons (Fsp3) is 0.161. The first kappa shape index (κ1) is 26.6. The first-order valence-electron chi connectivity index (χ1n) is 12.7. The zero-order valence-corrected chi connectivity index (χ0v) is 22.1. The normalized spacial score (nSPS) is 11.7. The van der Waals surface area contributed by atoms with Gasteiger partial charge in [0, 0.05) is 12.2 Å².